The third-order valence-corrected chi connectivity index (χ3v) is 3.22. The molecule has 0 aromatic heterocycles. The Balaban J connectivity index is 0.000000980. The molecule has 1 aromatic rings. The fourth-order valence-corrected chi connectivity index (χ4v) is 2.24. The van der Waals surface area contributed by atoms with Crippen LogP contribution in [0.25, 0.3) is 0 Å². The Morgan fingerprint density at radius 1 is 1.14 bits per heavy atom. The molecule has 14 heavy (non-hydrogen) atoms. The molecule has 3 nitrogen and oxygen atoms in total. The monoisotopic (exact) mass is 237 g/mol. The summed E-state index contributed by atoms with van der Waals surface area (Å²) in [6.45, 7) is 0. The molecular formula is C9H10KO3S. The number of rotatable bonds is 1. The summed E-state index contributed by atoms with van der Waals surface area (Å²) in [6.07, 6.45) is 3.00. The van der Waals surface area contributed by atoms with Gasteiger partial charge >= 0.3 is 0 Å². The molecule has 2 rings (SSSR count). The minimum absolute atomic E-state index is 0. The third kappa shape index (κ3) is 2.66. The van der Waals surface area contributed by atoms with Crippen molar-refractivity contribution in [3.05, 3.63) is 29.3 Å². The summed E-state index contributed by atoms with van der Waals surface area (Å²) < 4.78 is 30.4. The molecule has 0 saturated carbocycles. The van der Waals surface area contributed by atoms with E-state index in [0.29, 0.717) is 0 Å². The average Bonchev–Trinajstić information content (AvgIpc) is 2.47. The van der Waals surface area contributed by atoms with Crippen LogP contribution in [0, 0.1) is 0 Å². The molecule has 71 valence electrons. The van der Waals surface area contributed by atoms with E-state index in [9.17, 15) is 8.42 Å². The second-order valence-corrected chi connectivity index (χ2v) is 4.68. The van der Waals surface area contributed by atoms with E-state index in [1.54, 1.807) is 12.1 Å². The predicted molar refractivity (Wildman–Crippen MR) is 54.0 cm³/mol. The van der Waals surface area contributed by atoms with Crippen molar-refractivity contribution in [2.45, 2.75) is 24.2 Å². The standard InChI is InChI=1S/C9H10O3S.K/c10-13(11,12)9-5-4-7-2-1-3-8(7)6-9;/h4-6H,1-3H2,(H,10,11,12);. The van der Waals surface area contributed by atoms with Crippen LogP contribution in [0.3, 0.4) is 0 Å². The Morgan fingerprint density at radius 2 is 1.79 bits per heavy atom. The van der Waals surface area contributed by atoms with Gasteiger partial charge in [0.25, 0.3) is 10.1 Å². The smallest absolute Gasteiger partial charge is 0.282 e. The van der Waals surface area contributed by atoms with Crippen molar-refractivity contribution >= 4 is 61.5 Å². The first-order valence-electron chi connectivity index (χ1n) is 4.17. The van der Waals surface area contributed by atoms with Gasteiger partial charge in [0.15, 0.2) is 0 Å². The van der Waals surface area contributed by atoms with Crippen molar-refractivity contribution < 1.29 is 13.0 Å². The molecule has 0 amide bonds. The van der Waals surface area contributed by atoms with Gasteiger partial charge < -0.3 is 0 Å². The van der Waals surface area contributed by atoms with Crippen molar-refractivity contribution in [1.29, 1.82) is 0 Å². The third-order valence-electron chi connectivity index (χ3n) is 2.37. The number of fused-ring (bicyclic) bond motifs is 1. The summed E-state index contributed by atoms with van der Waals surface area (Å²) in [4.78, 5) is 0.00755. The van der Waals surface area contributed by atoms with Gasteiger partial charge in [-0.15, -0.1) is 0 Å². The average molecular weight is 237 g/mol. The van der Waals surface area contributed by atoms with Crippen molar-refractivity contribution in [3.8, 4) is 0 Å². The van der Waals surface area contributed by atoms with Crippen LogP contribution in [0.2, 0.25) is 0 Å². The predicted octanol–water partition coefficient (Wildman–Crippen LogP) is 1.04. The molecule has 1 aliphatic carbocycles. The SMILES string of the molecule is O=S(=O)(O)c1ccc2c(c1)CCC2.[K]. The summed E-state index contributed by atoms with van der Waals surface area (Å²) in [6, 6.07) is 4.81. The molecule has 0 aliphatic heterocycles. The molecule has 0 heterocycles. The Hall–Kier alpha value is 0.766. The molecule has 1 N–H and O–H groups in total. The van der Waals surface area contributed by atoms with Crippen molar-refractivity contribution in [1.82, 2.24) is 0 Å². The second-order valence-electron chi connectivity index (χ2n) is 3.26. The van der Waals surface area contributed by atoms with Crippen LogP contribution in [0.15, 0.2) is 23.1 Å². The molecule has 0 fully saturated rings. The summed E-state index contributed by atoms with van der Waals surface area (Å²) in [7, 11) is -4.02. The van der Waals surface area contributed by atoms with Crippen LogP contribution in [0.5, 0.6) is 0 Å². The molecule has 0 spiro atoms. The number of benzene rings is 1. The second kappa shape index (κ2) is 4.74. The molecule has 1 aromatic carbocycles. The fourth-order valence-electron chi connectivity index (χ4n) is 1.71. The van der Waals surface area contributed by atoms with Crippen molar-refractivity contribution in [3.63, 3.8) is 0 Å². The molecule has 5 heteroatoms. The van der Waals surface area contributed by atoms with E-state index in [4.69, 9.17) is 4.55 Å². The van der Waals surface area contributed by atoms with Gasteiger partial charge in [0.2, 0.25) is 0 Å². The number of hydrogen-bond acceptors (Lipinski definition) is 2. The van der Waals surface area contributed by atoms with Gasteiger partial charge in [-0.05, 0) is 42.5 Å². The first-order valence-corrected chi connectivity index (χ1v) is 5.61. The Bertz CT molecular complexity index is 439. The maximum atomic E-state index is 10.8. The van der Waals surface area contributed by atoms with E-state index in [0.717, 1.165) is 24.8 Å². The molecule has 0 bridgehead atoms. The summed E-state index contributed by atoms with van der Waals surface area (Å²) in [5.74, 6) is 0. The minimum atomic E-state index is -4.02. The topological polar surface area (TPSA) is 54.4 Å². The molecule has 1 aliphatic rings. The van der Waals surface area contributed by atoms with E-state index >= 15 is 0 Å². The van der Waals surface area contributed by atoms with E-state index < -0.39 is 10.1 Å². The van der Waals surface area contributed by atoms with E-state index in [1.165, 1.54) is 11.6 Å². The summed E-state index contributed by atoms with van der Waals surface area (Å²) >= 11 is 0. The Morgan fingerprint density at radius 3 is 2.43 bits per heavy atom. The first kappa shape index (κ1) is 12.8. The number of hydrogen-bond donors (Lipinski definition) is 1. The van der Waals surface area contributed by atoms with Gasteiger partial charge in [-0.3, -0.25) is 4.55 Å². The van der Waals surface area contributed by atoms with Crippen LogP contribution in [-0.4, -0.2) is 64.4 Å². The van der Waals surface area contributed by atoms with Gasteiger partial charge in [0.1, 0.15) is 0 Å². The first-order chi connectivity index (χ1) is 6.07. The number of aryl methyl sites for hydroxylation is 2. The van der Waals surface area contributed by atoms with Crippen molar-refractivity contribution in [2.75, 3.05) is 0 Å². The quantitative estimate of drug-likeness (QED) is 0.586. The normalized spacial score (nSPS) is 14.6. The zero-order valence-electron chi connectivity index (χ0n) is 8.03. The van der Waals surface area contributed by atoms with Gasteiger partial charge in [-0.25, -0.2) is 0 Å². The maximum Gasteiger partial charge on any atom is 0.294 e. The molecule has 0 atom stereocenters. The Kier molecular flexibility index (Phi) is 4.34. The summed E-state index contributed by atoms with van der Waals surface area (Å²) in [5.41, 5.74) is 2.25. The van der Waals surface area contributed by atoms with Gasteiger partial charge in [-0.1, -0.05) is 6.07 Å². The zero-order chi connectivity index (χ0) is 9.47. The van der Waals surface area contributed by atoms with Crippen molar-refractivity contribution in [2.24, 2.45) is 0 Å². The van der Waals surface area contributed by atoms with Crippen LogP contribution in [0.1, 0.15) is 17.5 Å². The van der Waals surface area contributed by atoms with E-state index in [1.807, 2.05) is 0 Å². The molecule has 0 saturated heterocycles. The summed E-state index contributed by atoms with van der Waals surface area (Å²) in [5, 5.41) is 0. The van der Waals surface area contributed by atoms with Crippen LogP contribution in [0.4, 0.5) is 0 Å². The maximum absolute atomic E-state index is 10.8. The van der Waals surface area contributed by atoms with Gasteiger partial charge in [0.05, 0.1) is 4.90 Å². The molecule has 0 unspecified atom stereocenters. The van der Waals surface area contributed by atoms with E-state index in [2.05, 4.69) is 0 Å². The van der Waals surface area contributed by atoms with Gasteiger partial charge in [-0.2, -0.15) is 8.42 Å². The zero-order valence-corrected chi connectivity index (χ0v) is 12.0. The molecule has 1 radical (unpaired) electrons. The largest absolute Gasteiger partial charge is 0.294 e. The van der Waals surface area contributed by atoms with Crippen LogP contribution < -0.4 is 0 Å². The van der Waals surface area contributed by atoms with Gasteiger partial charge in [0, 0.05) is 51.4 Å². The minimum Gasteiger partial charge on any atom is -0.282 e. The van der Waals surface area contributed by atoms with Crippen LogP contribution in [-0.2, 0) is 23.0 Å². The van der Waals surface area contributed by atoms with Crippen LogP contribution >= 0.6 is 0 Å². The Labute approximate surface area is 126 Å². The molecular weight excluding hydrogens is 227 g/mol. The fraction of sp³-hybridized carbons (Fsp3) is 0.333. The van der Waals surface area contributed by atoms with E-state index in [-0.39, 0.29) is 56.3 Å².